The third-order valence-electron chi connectivity index (χ3n) is 5.26. The van der Waals surface area contributed by atoms with Crippen molar-refractivity contribution in [1.29, 1.82) is 0 Å². The van der Waals surface area contributed by atoms with E-state index in [1.807, 2.05) is 35.5 Å². The van der Waals surface area contributed by atoms with Crippen LogP contribution in [0.1, 0.15) is 40.9 Å². The van der Waals surface area contributed by atoms with Gasteiger partial charge in [0.2, 0.25) is 5.82 Å². The van der Waals surface area contributed by atoms with E-state index in [0.717, 1.165) is 24.4 Å². The number of carbonyl (C=O) groups is 1. The monoisotopic (exact) mass is 388 g/mol. The molecule has 0 aliphatic carbocycles. The molecule has 0 saturated carbocycles. The third kappa shape index (κ3) is 3.46. The largest absolute Gasteiger partial charge is 0.336 e. The molecule has 0 unspecified atom stereocenters. The van der Waals surface area contributed by atoms with Gasteiger partial charge in [0.05, 0.1) is 12.2 Å². The zero-order valence-electron chi connectivity index (χ0n) is 15.8. The van der Waals surface area contributed by atoms with Crippen LogP contribution in [0.3, 0.4) is 0 Å². The lowest BCUT2D eigenvalue weighted by Crippen LogP contribution is -2.39. The normalized spacial score (nSPS) is 15.1. The molecule has 0 atom stereocenters. The van der Waals surface area contributed by atoms with Crippen molar-refractivity contribution in [3.8, 4) is 0 Å². The molecule has 0 radical (unpaired) electrons. The van der Waals surface area contributed by atoms with Crippen molar-refractivity contribution in [3.63, 3.8) is 0 Å². The molecule has 4 aromatic heterocycles. The number of carbonyl (C=O) groups excluding carboxylic acids is 1. The van der Waals surface area contributed by atoms with E-state index in [9.17, 15) is 4.79 Å². The molecule has 1 saturated heterocycles. The highest BCUT2D eigenvalue weighted by atomic mass is 16.2. The third-order valence-corrected chi connectivity index (χ3v) is 5.26. The van der Waals surface area contributed by atoms with Crippen LogP contribution in [0.4, 0.5) is 0 Å². The fourth-order valence-corrected chi connectivity index (χ4v) is 3.79. The summed E-state index contributed by atoms with van der Waals surface area (Å²) < 4.78 is 3.67. The van der Waals surface area contributed by atoms with Crippen LogP contribution in [-0.2, 0) is 6.54 Å². The summed E-state index contributed by atoms with van der Waals surface area (Å²) >= 11 is 0. The highest BCUT2D eigenvalue weighted by Gasteiger charge is 2.29. The Balaban J connectivity index is 1.26. The number of pyridine rings is 1. The number of amides is 1. The lowest BCUT2D eigenvalue weighted by atomic mass is 9.95. The lowest BCUT2D eigenvalue weighted by molar-refractivity contribution is 0.0698. The predicted molar refractivity (Wildman–Crippen MR) is 104 cm³/mol. The molecule has 0 aromatic carbocycles. The molecule has 29 heavy (non-hydrogen) atoms. The van der Waals surface area contributed by atoms with Gasteiger partial charge in [0.25, 0.3) is 11.7 Å². The molecule has 0 spiro atoms. The molecule has 1 fully saturated rings. The van der Waals surface area contributed by atoms with Crippen molar-refractivity contribution >= 4 is 11.7 Å². The fourth-order valence-electron chi connectivity index (χ4n) is 3.79. The van der Waals surface area contributed by atoms with Gasteiger partial charge in [-0.1, -0.05) is 6.07 Å². The van der Waals surface area contributed by atoms with Gasteiger partial charge in [0.15, 0.2) is 0 Å². The average molecular weight is 388 g/mol. The maximum absolute atomic E-state index is 12.8. The van der Waals surface area contributed by atoms with E-state index in [1.165, 1.54) is 4.52 Å². The topological polar surface area (TPSA) is 94.1 Å². The van der Waals surface area contributed by atoms with Crippen LogP contribution in [0.25, 0.3) is 5.78 Å². The van der Waals surface area contributed by atoms with Crippen molar-refractivity contribution in [2.24, 2.45) is 0 Å². The minimum Gasteiger partial charge on any atom is -0.336 e. The Kier molecular flexibility index (Phi) is 4.47. The zero-order chi connectivity index (χ0) is 19.6. The van der Waals surface area contributed by atoms with Crippen LogP contribution < -0.4 is 0 Å². The Morgan fingerprint density at radius 2 is 1.86 bits per heavy atom. The maximum Gasteiger partial charge on any atom is 0.293 e. The van der Waals surface area contributed by atoms with Gasteiger partial charge in [-0.05, 0) is 31.0 Å². The van der Waals surface area contributed by atoms with Crippen molar-refractivity contribution in [2.75, 3.05) is 13.1 Å². The lowest BCUT2D eigenvalue weighted by Gasteiger charge is -2.31. The second-order valence-corrected chi connectivity index (χ2v) is 7.10. The van der Waals surface area contributed by atoms with Crippen LogP contribution >= 0.6 is 0 Å². The van der Waals surface area contributed by atoms with E-state index in [0.29, 0.717) is 31.3 Å². The van der Waals surface area contributed by atoms with E-state index < -0.39 is 0 Å². The Morgan fingerprint density at radius 3 is 2.66 bits per heavy atom. The zero-order valence-corrected chi connectivity index (χ0v) is 15.8. The molecule has 1 amide bonds. The van der Waals surface area contributed by atoms with Crippen molar-refractivity contribution in [1.82, 2.24) is 39.0 Å². The summed E-state index contributed by atoms with van der Waals surface area (Å²) in [6, 6.07) is 7.68. The van der Waals surface area contributed by atoms with Gasteiger partial charge in [-0.2, -0.15) is 4.98 Å². The fraction of sp³-hybridized carbons (Fsp3) is 0.300. The van der Waals surface area contributed by atoms with Crippen molar-refractivity contribution in [2.45, 2.75) is 25.3 Å². The van der Waals surface area contributed by atoms with Crippen LogP contribution in [0.5, 0.6) is 0 Å². The second-order valence-electron chi connectivity index (χ2n) is 7.10. The first-order valence-electron chi connectivity index (χ1n) is 9.65. The molecule has 0 bridgehead atoms. The van der Waals surface area contributed by atoms with E-state index in [1.54, 1.807) is 24.7 Å². The van der Waals surface area contributed by atoms with E-state index in [-0.39, 0.29) is 11.7 Å². The number of aromatic nitrogens is 7. The van der Waals surface area contributed by atoms with E-state index in [4.69, 9.17) is 0 Å². The number of hydrogen-bond donors (Lipinski definition) is 0. The van der Waals surface area contributed by atoms with Gasteiger partial charge >= 0.3 is 0 Å². The molecule has 1 aliphatic heterocycles. The first kappa shape index (κ1) is 17.5. The smallest absolute Gasteiger partial charge is 0.293 e. The van der Waals surface area contributed by atoms with Crippen LogP contribution in [0.2, 0.25) is 0 Å². The second kappa shape index (κ2) is 7.42. The number of likely N-dealkylation sites (tertiary alicyclic amines) is 1. The Labute approximate surface area is 167 Å². The Bertz CT molecular complexity index is 1090. The highest BCUT2D eigenvalue weighted by molar-refractivity contribution is 5.90. The summed E-state index contributed by atoms with van der Waals surface area (Å²) in [5, 5.41) is 4.25. The number of nitrogens with zero attached hydrogens (tertiary/aromatic N) is 8. The Morgan fingerprint density at radius 1 is 1.00 bits per heavy atom. The summed E-state index contributed by atoms with van der Waals surface area (Å²) in [5.74, 6) is 1.85. The number of fused-ring (bicyclic) bond motifs is 1. The van der Waals surface area contributed by atoms with Crippen molar-refractivity contribution in [3.05, 3.63) is 72.6 Å². The first-order valence-corrected chi connectivity index (χ1v) is 9.65. The molecule has 5 heterocycles. The number of hydrogen-bond acceptors (Lipinski definition) is 6. The number of imidazole rings is 1. The standard InChI is InChI=1S/C20H20N8O/c29-19(17-24-20-23-8-3-10-28(20)25-17)26-11-5-15(6-12-26)18-22-9-13-27(18)14-16-4-1-2-7-21-16/h1-4,7-10,13,15H,5-6,11-12,14H2. The van der Waals surface area contributed by atoms with E-state index in [2.05, 4.69) is 29.6 Å². The van der Waals surface area contributed by atoms with Gasteiger partial charge < -0.3 is 9.47 Å². The van der Waals surface area contributed by atoms with Crippen LogP contribution in [0.15, 0.2) is 55.2 Å². The minimum absolute atomic E-state index is 0.147. The molecular weight excluding hydrogens is 368 g/mol. The summed E-state index contributed by atoms with van der Waals surface area (Å²) in [7, 11) is 0. The van der Waals surface area contributed by atoms with Crippen molar-refractivity contribution < 1.29 is 4.79 Å². The minimum atomic E-state index is -0.147. The van der Waals surface area contributed by atoms with Gasteiger partial charge in [0, 0.05) is 50.0 Å². The quantitative estimate of drug-likeness (QED) is 0.529. The van der Waals surface area contributed by atoms with Crippen LogP contribution in [0, 0.1) is 0 Å². The molecular formula is C20H20N8O. The molecule has 5 rings (SSSR count). The van der Waals surface area contributed by atoms with Gasteiger partial charge in [-0.15, -0.1) is 5.10 Å². The highest BCUT2D eigenvalue weighted by Crippen LogP contribution is 2.27. The number of rotatable bonds is 4. The van der Waals surface area contributed by atoms with E-state index >= 15 is 0 Å². The first-order chi connectivity index (χ1) is 14.3. The SMILES string of the molecule is O=C(c1nc2ncccn2n1)N1CCC(c2nccn2Cc2ccccn2)CC1. The number of piperidine rings is 1. The molecule has 9 nitrogen and oxygen atoms in total. The molecule has 4 aromatic rings. The predicted octanol–water partition coefficient (Wildman–Crippen LogP) is 1.78. The Hall–Kier alpha value is -3.62. The average Bonchev–Trinajstić information content (AvgIpc) is 3.41. The summed E-state index contributed by atoms with van der Waals surface area (Å²) in [5.41, 5.74) is 1.01. The molecule has 1 aliphatic rings. The summed E-state index contributed by atoms with van der Waals surface area (Å²) in [4.78, 5) is 32.0. The van der Waals surface area contributed by atoms with Gasteiger partial charge in [-0.3, -0.25) is 9.78 Å². The molecule has 0 N–H and O–H groups in total. The van der Waals surface area contributed by atoms with Crippen LogP contribution in [-0.4, -0.2) is 58.0 Å². The summed E-state index contributed by atoms with van der Waals surface area (Å²) in [6.07, 6.45) is 10.7. The van der Waals surface area contributed by atoms with Gasteiger partial charge in [-0.25, -0.2) is 14.5 Å². The molecule has 9 heteroatoms. The summed E-state index contributed by atoms with van der Waals surface area (Å²) in [6.45, 7) is 2.01. The molecule has 146 valence electrons. The maximum atomic E-state index is 12.8. The van der Waals surface area contributed by atoms with Gasteiger partial charge in [0.1, 0.15) is 5.82 Å².